The molecular formula is C16H16N2O4. The van der Waals surface area contributed by atoms with Gasteiger partial charge in [0.15, 0.2) is 5.78 Å². The van der Waals surface area contributed by atoms with E-state index in [1.807, 2.05) is 6.07 Å². The molecule has 1 unspecified atom stereocenters. The van der Waals surface area contributed by atoms with Gasteiger partial charge in [0, 0.05) is 24.4 Å². The molecule has 114 valence electrons. The van der Waals surface area contributed by atoms with Crippen LogP contribution in [0.15, 0.2) is 30.6 Å². The number of esters is 1. The minimum Gasteiger partial charge on any atom is -0.497 e. The van der Waals surface area contributed by atoms with E-state index in [-0.39, 0.29) is 18.2 Å². The third-order valence-corrected chi connectivity index (χ3v) is 3.76. The highest BCUT2D eigenvalue weighted by atomic mass is 16.5. The van der Waals surface area contributed by atoms with Crippen molar-refractivity contribution in [1.29, 1.82) is 0 Å². The fourth-order valence-corrected chi connectivity index (χ4v) is 2.73. The number of hydrogen-bond acceptors (Lipinski definition) is 5. The Kier molecular flexibility index (Phi) is 3.66. The number of carbonyl (C=O) groups is 2. The van der Waals surface area contributed by atoms with Gasteiger partial charge in [-0.15, -0.1) is 0 Å². The molecule has 0 aliphatic heterocycles. The van der Waals surface area contributed by atoms with Crippen LogP contribution in [-0.2, 0) is 11.2 Å². The molecule has 0 saturated heterocycles. The summed E-state index contributed by atoms with van der Waals surface area (Å²) in [7, 11) is 1.59. The second-order valence-electron chi connectivity index (χ2n) is 4.99. The van der Waals surface area contributed by atoms with Crippen LogP contribution in [0, 0.1) is 0 Å². The monoisotopic (exact) mass is 300 g/mol. The van der Waals surface area contributed by atoms with Crippen LogP contribution in [-0.4, -0.2) is 35.0 Å². The van der Waals surface area contributed by atoms with Crippen LogP contribution < -0.4 is 4.74 Å². The highest BCUT2D eigenvalue weighted by molar-refractivity contribution is 6.04. The average Bonchev–Trinajstić information content (AvgIpc) is 3.12. The second kappa shape index (κ2) is 5.63. The Morgan fingerprint density at radius 3 is 3.00 bits per heavy atom. The molecule has 1 atom stereocenters. The maximum absolute atomic E-state index is 12.6. The van der Waals surface area contributed by atoms with Crippen molar-refractivity contribution in [2.45, 2.75) is 19.4 Å². The number of methoxy groups -OCH3 is 1. The first kappa shape index (κ1) is 14.3. The third-order valence-electron chi connectivity index (χ3n) is 3.76. The molecule has 1 heterocycles. The fourth-order valence-electron chi connectivity index (χ4n) is 2.73. The van der Waals surface area contributed by atoms with Crippen molar-refractivity contribution >= 4 is 11.8 Å². The Morgan fingerprint density at radius 1 is 1.45 bits per heavy atom. The third kappa shape index (κ3) is 2.26. The van der Waals surface area contributed by atoms with E-state index in [4.69, 9.17) is 9.47 Å². The SMILES string of the molecule is CCOC(=O)c1nccn1C1Cc2cc(OC)ccc2C1=O. The average molecular weight is 300 g/mol. The standard InChI is InChI=1S/C16H16N2O4/c1-3-22-16(20)15-17-6-7-18(15)13-9-10-8-11(21-2)4-5-12(10)14(13)19/h4-8,13H,3,9H2,1-2H3. The molecule has 1 aromatic carbocycles. The van der Waals surface area contributed by atoms with Crippen molar-refractivity contribution in [2.24, 2.45) is 0 Å². The molecular weight excluding hydrogens is 284 g/mol. The Hall–Kier alpha value is -2.63. The molecule has 3 rings (SSSR count). The van der Waals surface area contributed by atoms with Crippen LogP contribution >= 0.6 is 0 Å². The van der Waals surface area contributed by atoms with E-state index in [1.54, 1.807) is 36.9 Å². The molecule has 6 heteroatoms. The molecule has 0 amide bonds. The lowest BCUT2D eigenvalue weighted by Gasteiger charge is -2.12. The second-order valence-corrected chi connectivity index (χ2v) is 4.99. The number of nitrogens with zero attached hydrogens (tertiary/aromatic N) is 2. The summed E-state index contributed by atoms with van der Waals surface area (Å²) in [6.07, 6.45) is 3.65. The van der Waals surface area contributed by atoms with Crippen molar-refractivity contribution < 1.29 is 19.1 Å². The maximum atomic E-state index is 12.6. The Bertz CT molecular complexity index is 735. The molecule has 1 aliphatic carbocycles. The molecule has 0 N–H and O–H groups in total. The molecule has 0 saturated carbocycles. The summed E-state index contributed by atoms with van der Waals surface area (Å²) in [4.78, 5) is 28.5. The normalized spacial score (nSPS) is 16.5. The predicted molar refractivity (Wildman–Crippen MR) is 78.2 cm³/mol. The molecule has 22 heavy (non-hydrogen) atoms. The molecule has 6 nitrogen and oxygen atoms in total. The molecule has 1 aromatic heterocycles. The molecule has 0 radical (unpaired) electrons. The summed E-state index contributed by atoms with van der Waals surface area (Å²) in [5.74, 6) is 0.318. The Morgan fingerprint density at radius 2 is 2.27 bits per heavy atom. The zero-order valence-electron chi connectivity index (χ0n) is 12.4. The number of imidazole rings is 1. The number of benzene rings is 1. The van der Waals surface area contributed by atoms with Gasteiger partial charge in [-0.05, 0) is 30.7 Å². The van der Waals surface area contributed by atoms with Crippen molar-refractivity contribution in [3.8, 4) is 5.75 Å². The lowest BCUT2D eigenvalue weighted by Crippen LogP contribution is -2.21. The van der Waals surface area contributed by atoms with Gasteiger partial charge in [-0.25, -0.2) is 9.78 Å². The van der Waals surface area contributed by atoms with Gasteiger partial charge in [-0.2, -0.15) is 0 Å². The first-order chi connectivity index (χ1) is 10.7. The van der Waals surface area contributed by atoms with Gasteiger partial charge < -0.3 is 14.0 Å². The summed E-state index contributed by atoms with van der Waals surface area (Å²) >= 11 is 0. The van der Waals surface area contributed by atoms with Gasteiger partial charge in [-0.3, -0.25) is 4.79 Å². The van der Waals surface area contributed by atoms with Gasteiger partial charge in [-0.1, -0.05) is 0 Å². The van der Waals surface area contributed by atoms with E-state index < -0.39 is 12.0 Å². The summed E-state index contributed by atoms with van der Waals surface area (Å²) in [5.41, 5.74) is 1.58. The number of ketones is 1. The maximum Gasteiger partial charge on any atom is 0.374 e. The summed E-state index contributed by atoms with van der Waals surface area (Å²) < 4.78 is 11.8. The van der Waals surface area contributed by atoms with E-state index in [0.717, 1.165) is 5.56 Å². The first-order valence-electron chi connectivity index (χ1n) is 7.06. The van der Waals surface area contributed by atoms with Crippen LogP contribution in [0.25, 0.3) is 0 Å². The largest absolute Gasteiger partial charge is 0.497 e. The van der Waals surface area contributed by atoms with Crippen molar-refractivity contribution in [3.05, 3.63) is 47.5 Å². The number of carbonyl (C=O) groups excluding carboxylic acids is 2. The van der Waals surface area contributed by atoms with Crippen LogP contribution in [0.3, 0.4) is 0 Å². The van der Waals surface area contributed by atoms with E-state index in [9.17, 15) is 9.59 Å². The van der Waals surface area contributed by atoms with E-state index >= 15 is 0 Å². The van der Waals surface area contributed by atoms with Crippen LogP contribution in [0.1, 0.15) is 39.5 Å². The molecule has 0 spiro atoms. The van der Waals surface area contributed by atoms with Crippen LogP contribution in [0.5, 0.6) is 5.75 Å². The lowest BCUT2D eigenvalue weighted by atomic mass is 10.1. The summed E-state index contributed by atoms with van der Waals surface area (Å²) in [6, 6.07) is 4.91. The zero-order valence-corrected chi connectivity index (χ0v) is 12.4. The highest BCUT2D eigenvalue weighted by Gasteiger charge is 2.34. The zero-order chi connectivity index (χ0) is 15.7. The molecule has 0 fully saturated rings. The van der Waals surface area contributed by atoms with E-state index in [2.05, 4.69) is 4.98 Å². The topological polar surface area (TPSA) is 70.4 Å². The smallest absolute Gasteiger partial charge is 0.374 e. The van der Waals surface area contributed by atoms with E-state index in [0.29, 0.717) is 17.7 Å². The fraction of sp³-hybridized carbons (Fsp3) is 0.312. The Labute approximate surface area is 127 Å². The van der Waals surface area contributed by atoms with Gasteiger partial charge in [0.25, 0.3) is 0 Å². The summed E-state index contributed by atoms with van der Waals surface area (Å²) in [6.45, 7) is 2.00. The minimum atomic E-state index is -0.520. The van der Waals surface area contributed by atoms with Gasteiger partial charge in [0.1, 0.15) is 11.8 Å². The number of fused-ring (bicyclic) bond motifs is 1. The van der Waals surface area contributed by atoms with Crippen LogP contribution in [0.2, 0.25) is 0 Å². The van der Waals surface area contributed by atoms with Gasteiger partial charge in [0.2, 0.25) is 5.82 Å². The number of ether oxygens (including phenoxy) is 2. The van der Waals surface area contributed by atoms with E-state index in [1.165, 1.54) is 6.20 Å². The number of aromatic nitrogens is 2. The number of Topliss-reactive ketones (excluding diaryl/α,β-unsaturated/α-hetero) is 1. The van der Waals surface area contributed by atoms with Crippen LogP contribution in [0.4, 0.5) is 0 Å². The predicted octanol–water partition coefficient (Wildman–Crippen LogP) is 2.05. The summed E-state index contributed by atoms with van der Waals surface area (Å²) in [5, 5.41) is 0. The van der Waals surface area contributed by atoms with Gasteiger partial charge >= 0.3 is 5.97 Å². The van der Waals surface area contributed by atoms with Crippen molar-refractivity contribution in [1.82, 2.24) is 9.55 Å². The number of hydrogen-bond donors (Lipinski definition) is 0. The molecule has 2 aromatic rings. The highest BCUT2D eigenvalue weighted by Crippen LogP contribution is 2.33. The minimum absolute atomic E-state index is 0.0267. The quantitative estimate of drug-likeness (QED) is 0.808. The van der Waals surface area contributed by atoms with Crippen molar-refractivity contribution in [3.63, 3.8) is 0 Å². The Balaban J connectivity index is 1.94. The number of rotatable bonds is 4. The van der Waals surface area contributed by atoms with Gasteiger partial charge in [0.05, 0.1) is 13.7 Å². The molecule has 0 bridgehead atoms. The van der Waals surface area contributed by atoms with Crippen molar-refractivity contribution in [2.75, 3.05) is 13.7 Å². The molecule has 1 aliphatic rings. The lowest BCUT2D eigenvalue weighted by molar-refractivity contribution is 0.0504. The first-order valence-corrected chi connectivity index (χ1v) is 7.06.